The molecule has 2 fully saturated rings. The van der Waals surface area contributed by atoms with Gasteiger partial charge in [-0.3, -0.25) is 29.3 Å². The summed E-state index contributed by atoms with van der Waals surface area (Å²) in [6.07, 6.45) is 4.37. The van der Waals surface area contributed by atoms with E-state index in [1.54, 1.807) is 11.4 Å². The van der Waals surface area contributed by atoms with E-state index >= 15 is 0 Å². The van der Waals surface area contributed by atoms with Crippen LogP contribution >= 0.6 is 11.6 Å². The van der Waals surface area contributed by atoms with Crippen LogP contribution in [0.15, 0.2) is 77.6 Å². The molecule has 292 valence electrons. The largest absolute Gasteiger partial charge is 0.293 e. The van der Waals surface area contributed by atoms with Gasteiger partial charge in [0, 0.05) is 45.8 Å². The predicted molar refractivity (Wildman–Crippen MR) is 220 cm³/mol. The molecule has 0 bridgehead atoms. The maximum atomic E-state index is 12.8. The molecule has 0 spiro atoms. The number of aromatic amines is 1. The van der Waals surface area contributed by atoms with Crippen LogP contribution in [0.25, 0.3) is 11.3 Å². The van der Waals surface area contributed by atoms with Crippen LogP contribution in [0.4, 0.5) is 0 Å². The highest BCUT2D eigenvalue weighted by Crippen LogP contribution is 2.37. The second-order valence-electron chi connectivity index (χ2n) is 15.6. The van der Waals surface area contributed by atoms with Crippen molar-refractivity contribution in [3.05, 3.63) is 133 Å². The number of rotatable bonds is 8. The summed E-state index contributed by atoms with van der Waals surface area (Å²) in [5.41, 5.74) is 7.96. The Labute approximate surface area is 332 Å². The number of carbonyl (C=O) groups is 2. The van der Waals surface area contributed by atoms with Gasteiger partial charge < -0.3 is 0 Å². The highest BCUT2D eigenvalue weighted by molar-refractivity contribution is 6.30. The lowest BCUT2D eigenvalue weighted by molar-refractivity contribution is 0.0720. The second-order valence-corrected chi connectivity index (χ2v) is 16.0. The summed E-state index contributed by atoms with van der Waals surface area (Å²) in [6.45, 7) is 14.5. The van der Waals surface area contributed by atoms with Crippen LogP contribution in [-0.4, -0.2) is 76.7 Å². The zero-order valence-electron chi connectivity index (χ0n) is 33.1. The number of fused-ring (bicyclic) bond motifs is 2. The number of likely N-dealkylation sites (tertiary alicyclic amines) is 2. The number of nitrogens with zero attached hydrogens (tertiary/aromatic N) is 7. The average Bonchev–Trinajstić information content (AvgIpc) is 3.81. The first-order valence-corrected chi connectivity index (χ1v) is 20.0. The third-order valence-corrected chi connectivity index (χ3v) is 12.2. The highest BCUT2D eigenvalue weighted by atomic mass is 35.5. The Hall–Kier alpha value is -4.97. The number of aryl methyl sites for hydroxylation is 2. The first-order valence-electron chi connectivity index (χ1n) is 19.7. The number of ketones is 2. The normalized spacial score (nSPS) is 20.6. The summed E-state index contributed by atoms with van der Waals surface area (Å²) in [6, 6.07) is 23.1. The lowest BCUT2D eigenvalue weighted by atomic mass is 9.88. The molecule has 2 aromatic carbocycles. The molecule has 11 nitrogen and oxygen atoms in total. The molecule has 4 aromatic heterocycles. The Morgan fingerprint density at radius 2 is 1.25 bits per heavy atom. The van der Waals surface area contributed by atoms with Crippen molar-refractivity contribution in [1.82, 2.24) is 39.0 Å². The van der Waals surface area contributed by atoms with Crippen molar-refractivity contribution in [1.29, 1.82) is 0 Å². The fraction of sp³-hybridized carbons (Fsp3) is 0.409. The molecular weight excluding hydrogens is 724 g/mol. The van der Waals surface area contributed by atoms with Crippen molar-refractivity contribution in [2.24, 2.45) is 11.8 Å². The molecule has 1 N–H and O–H groups in total. The first kappa shape index (κ1) is 39.3. The minimum absolute atomic E-state index is 0.0584. The SMILES string of the molecule is Cc1nc2cc(C3C(C)CCCN3CC(=O)c3ccccc3)[nH]n2c(=O)c1C.Cc1nc2cc(C3C(C)CCCN3CC(=O)c3ccccc3)nn2c(Cl)c1C. The molecule has 0 radical (unpaired) electrons. The molecule has 0 saturated carbocycles. The van der Waals surface area contributed by atoms with Gasteiger partial charge in [-0.25, -0.2) is 19.0 Å². The van der Waals surface area contributed by atoms with Gasteiger partial charge >= 0.3 is 0 Å². The van der Waals surface area contributed by atoms with Crippen LogP contribution in [0.1, 0.15) is 106 Å². The Balaban J connectivity index is 0.000000172. The van der Waals surface area contributed by atoms with Gasteiger partial charge in [0.1, 0.15) is 5.15 Å². The number of carbonyl (C=O) groups excluding carboxylic acids is 2. The van der Waals surface area contributed by atoms with Gasteiger partial charge in [0.15, 0.2) is 22.9 Å². The molecule has 4 atom stereocenters. The molecule has 2 aliphatic rings. The van der Waals surface area contributed by atoms with Crippen LogP contribution in [-0.2, 0) is 0 Å². The van der Waals surface area contributed by atoms with Gasteiger partial charge in [0.2, 0.25) is 0 Å². The summed E-state index contributed by atoms with van der Waals surface area (Å²) in [4.78, 5) is 51.9. The molecule has 0 aliphatic carbocycles. The molecule has 8 rings (SSSR count). The number of H-pyrrole nitrogens is 1. The number of hydrogen-bond acceptors (Lipinski definition) is 8. The van der Waals surface area contributed by atoms with E-state index in [4.69, 9.17) is 16.7 Å². The van der Waals surface area contributed by atoms with Gasteiger partial charge in [-0.2, -0.15) is 5.10 Å². The summed E-state index contributed by atoms with van der Waals surface area (Å²) >= 11 is 6.51. The van der Waals surface area contributed by atoms with Crippen molar-refractivity contribution in [3.8, 4) is 0 Å². The molecule has 4 unspecified atom stereocenters. The van der Waals surface area contributed by atoms with Crippen molar-refractivity contribution < 1.29 is 9.59 Å². The molecule has 6 heterocycles. The lowest BCUT2D eigenvalue weighted by Crippen LogP contribution is -2.41. The molecule has 2 aliphatic heterocycles. The summed E-state index contributed by atoms with van der Waals surface area (Å²) in [5.74, 6) is 1.05. The minimum Gasteiger partial charge on any atom is -0.293 e. The summed E-state index contributed by atoms with van der Waals surface area (Å²) in [7, 11) is 0. The zero-order valence-corrected chi connectivity index (χ0v) is 33.9. The molecule has 0 amide bonds. The van der Waals surface area contributed by atoms with E-state index < -0.39 is 0 Å². The quantitative estimate of drug-likeness (QED) is 0.122. The third-order valence-electron chi connectivity index (χ3n) is 11.7. The number of nitrogens with one attached hydrogen (secondary N) is 1. The lowest BCUT2D eigenvalue weighted by Gasteiger charge is -2.39. The van der Waals surface area contributed by atoms with E-state index in [1.165, 1.54) is 4.52 Å². The van der Waals surface area contributed by atoms with E-state index in [-0.39, 0.29) is 29.2 Å². The van der Waals surface area contributed by atoms with Crippen molar-refractivity contribution in [2.75, 3.05) is 26.2 Å². The van der Waals surface area contributed by atoms with Gasteiger partial charge in [0.05, 0.1) is 36.6 Å². The van der Waals surface area contributed by atoms with Crippen LogP contribution < -0.4 is 5.56 Å². The number of hydrogen-bond donors (Lipinski definition) is 1. The van der Waals surface area contributed by atoms with Crippen LogP contribution in [0.3, 0.4) is 0 Å². The number of aromatic nitrogens is 6. The van der Waals surface area contributed by atoms with E-state index in [1.807, 2.05) is 93.6 Å². The maximum Gasteiger partial charge on any atom is 0.275 e. The van der Waals surface area contributed by atoms with Crippen molar-refractivity contribution >= 4 is 34.5 Å². The maximum absolute atomic E-state index is 12.8. The highest BCUT2D eigenvalue weighted by Gasteiger charge is 2.34. The molecular formula is C44H51ClN8O3. The van der Waals surface area contributed by atoms with Crippen molar-refractivity contribution in [3.63, 3.8) is 0 Å². The molecule has 6 aromatic rings. The van der Waals surface area contributed by atoms with Gasteiger partial charge in [0.25, 0.3) is 5.56 Å². The number of benzene rings is 2. The zero-order chi connectivity index (χ0) is 39.7. The second kappa shape index (κ2) is 16.6. The van der Waals surface area contributed by atoms with Gasteiger partial charge in [-0.1, -0.05) is 86.1 Å². The van der Waals surface area contributed by atoms with E-state index in [9.17, 15) is 14.4 Å². The topological polar surface area (TPSA) is 121 Å². The fourth-order valence-corrected chi connectivity index (χ4v) is 8.65. The van der Waals surface area contributed by atoms with Gasteiger partial charge in [-0.15, -0.1) is 0 Å². The Bertz CT molecular complexity index is 2420. The number of Topliss-reactive ketones (excluding diaryl/α,β-unsaturated/α-hetero) is 2. The van der Waals surface area contributed by atoms with E-state index in [0.29, 0.717) is 41.3 Å². The average molecular weight is 775 g/mol. The number of piperidine rings is 2. The van der Waals surface area contributed by atoms with Crippen LogP contribution in [0.5, 0.6) is 0 Å². The smallest absolute Gasteiger partial charge is 0.275 e. The summed E-state index contributed by atoms with van der Waals surface area (Å²) < 4.78 is 3.24. The standard InChI is InChI=1S/C22H25ClN4O.C22H26N4O2/c1-14-8-7-11-26(13-19(28)17-9-5-4-6-10-17)21(14)18-12-20-24-16(3)15(2)22(23)27(20)25-18;1-14-8-7-11-25(13-19(27)17-9-5-4-6-10-17)21(14)18-12-20-23-16(3)15(2)22(28)26(20)24-18/h4-6,9-10,12,14,21H,7-8,11,13H2,1-3H3;4-6,9-10,12,14,21,24H,7-8,11,13H2,1-3H3. The summed E-state index contributed by atoms with van der Waals surface area (Å²) in [5, 5.41) is 8.65. The molecule has 56 heavy (non-hydrogen) atoms. The van der Waals surface area contributed by atoms with E-state index in [2.05, 4.69) is 38.7 Å². The van der Waals surface area contributed by atoms with Crippen LogP contribution in [0.2, 0.25) is 5.15 Å². The minimum atomic E-state index is -0.0656. The predicted octanol–water partition coefficient (Wildman–Crippen LogP) is 7.95. The van der Waals surface area contributed by atoms with Gasteiger partial charge in [-0.05, 0) is 78.3 Å². The van der Waals surface area contributed by atoms with Crippen molar-refractivity contribution in [2.45, 2.75) is 79.3 Å². The Morgan fingerprint density at radius 1 is 0.732 bits per heavy atom. The fourth-order valence-electron chi connectivity index (χ4n) is 8.39. The molecule has 12 heteroatoms. The van der Waals surface area contributed by atoms with Crippen LogP contribution in [0, 0.1) is 39.5 Å². The Kier molecular flexibility index (Phi) is 11.7. The first-order chi connectivity index (χ1) is 26.9. The third kappa shape index (κ3) is 7.98. The Morgan fingerprint density at radius 3 is 1.84 bits per heavy atom. The monoisotopic (exact) mass is 774 g/mol. The van der Waals surface area contributed by atoms with E-state index in [0.717, 1.165) is 83.9 Å². The number of halogens is 1. The molecule has 2 saturated heterocycles.